The van der Waals surface area contributed by atoms with E-state index in [-0.39, 0.29) is 75.4 Å². The lowest BCUT2D eigenvalue weighted by Crippen LogP contribution is -2.61. The van der Waals surface area contributed by atoms with Crippen LogP contribution in [0.4, 0.5) is 11.5 Å². The Labute approximate surface area is 418 Å². The first-order valence-electron chi connectivity index (χ1n) is 22.1. The van der Waals surface area contributed by atoms with E-state index in [4.69, 9.17) is 57.4 Å². The fourth-order valence-corrected chi connectivity index (χ4v) is 12.7. The van der Waals surface area contributed by atoms with Gasteiger partial charge >= 0.3 is 11.9 Å². The SMILES string of the molecule is CO[C@@H]1C[C@@H](C)O[C@@H](O[C@@H]2[C@@H](C)[C@H](O)[C@@H](C)C(=O)O[C@H](I)[C@@]3(C)OC(=O)C(SCCn4cnc5c(N)ncc(C(=O)Nc6c(Cl)cncc6Cl)c54)[C@@H]3[C@@H](C)C(=O)[C@H](C)C[C@@]2(C)OC)[C@H]1N(C)C. The molecule has 0 aliphatic carbocycles. The number of anilines is 2. The molecule has 67 heavy (non-hydrogen) atoms. The third kappa shape index (κ3) is 10.7. The Bertz CT molecular complexity index is 2300. The lowest BCUT2D eigenvalue weighted by Gasteiger charge is -2.49. The molecule has 3 aromatic rings. The number of aliphatic hydroxyl groups is 1. The van der Waals surface area contributed by atoms with Crippen molar-refractivity contribution in [3.05, 3.63) is 40.5 Å². The van der Waals surface area contributed by atoms with E-state index in [2.05, 4.69) is 20.3 Å². The normalized spacial score (nSPS) is 35.5. The fourth-order valence-electron chi connectivity index (χ4n) is 10.0. The second kappa shape index (κ2) is 21.6. The number of pyridine rings is 2. The van der Waals surface area contributed by atoms with Crippen molar-refractivity contribution in [3.63, 3.8) is 0 Å². The zero-order valence-corrected chi connectivity index (χ0v) is 44.0. The second-order valence-electron chi connectivity index (χ2n) is 18.6. The number of hydrogen-bond donors (Lipinski definition) is 3. The number of fused-ring (bicyclic) bond motifs is 2. The number of likely N-dealkylation sites (N-methyl/N-ethyl adjacent to an activating group) is 1. The minimum Gasteiger partial charge on any atom is -0.453 e. The average molecular weight is 1110 g/mol. The molecule has 1 amide bonds. The van der Waals surface area contributed by atoms with Crippen molar-refractivity contribution in [2.24, 2.45) is 29.6 Å². The second-order valence-corrected chi connectivity index (χ2v) is 21.8. The standard InChI is InChI=1S/C45H62Cl2IN7O11S/c1-20-15-44(6,62-11)37(64-42-33(54(8)9)28(61-10)14-21(2)63-42)23(4)35(57)24(5)40(59)65-43(48)45(7)29(22(3)34(20)56)36(41(60)66-45)67-13-12-55-19-52-31-32(55)25(16-51-38(31)49)39(58)53-30-26(46)17-50-18-27(30)47/h16-24,28-29,33,35-37,42-43,57H,12-15H2,1-11H3,(H2,49,51)(H,50,53,58)/t20-,21-,22-,23+,24-,28-,29+,33+,35+,36?,37-,42+,43+,44-,45+/m1/s1. The van der Waals surface area contributed by atoms with E-state index in [1.165, 1.54) is 43.8 Å². The topological polar surface area (TPSA) is 229 Å². The van der Waals surface area contributed by atoms with Gasteiger partial charge in [-0.25, -0.2) is 9.97 Å². The molecule has 3 aliphatic heterocycles. The number of aryl methyl sites for hydroxylation is 1. The number of nitrogens with one attached hydrogen (secondary N) is 1. The van der Waals surface area contributed by atoms with Crippen molar-refractivity contribution >= 4 is 104 Å². The molecule has 0 saturated carbocycles. The number of ether oxygens (including phenoxy) is 6. The van der Waals surface area contributed by atoms with E-state index < -0.39 is 86.5 Å². The number of cyclic esters (lactones) is 1. The number of aliphatic hydroxyl groups excluding tert-OH is 1. The Hall–Kier alpha value is -2.93. The first-order valence-corrected chi connectivity index (χ1v) is 25.2. The van der Waals surface area contributed by atoms with Crippen molar-refractivity contribution < 1.29 is 52.7 Å². The van der Waals surface area contributed by atoms with Gasteiger partial charge in [0.2, 0.25) is 0 Å². The van der Waals surface area contributed by atoms with Gasteiger partial charge in [0.1, 0.15) is 16.5 Å². The summed E-state index contributed by atoms with van der Waals surface area (Å²) in [4.78, 5) is 71.4. The lowest BCUT2D eigenvalue weighted by atomic mass is 9.72. The summed E-state index contributed by atoms with van der Waals surface area (Å²) in [6.45, 7) is 12.7. The van der Waals surface area contributed by atoms with Crippen molar-refractivity contribution in [2.45, 2.75) is 125 Å². The number of carbonyl (C=O) groups excluding carboxylic acids is 4. The molecule has 0 spiro atoms. The zero-order chi connectivity index (χ0) is 49.4. The predicted molar refractivity (Wildman–Crippen MR) is 262 cm³/mol. The largest absolute Gasteiger partial charge is 0.453 e. The number of nitrogens with two attached hydrogens (primary N) is 1. The average Bonchev–Trinajstić information content (AvgIpc) is 3.82. The number of halogens is 3. The third-order valence-electron chi connectivity index (χ3n) is 13.8. The Morgan fingerprint density at radius 3 is 2.36 bits per heavy atom. The summed E-state index contributed by atoms with van der Waals surface area (Å²) in [6, 6.07) is -0.339. The van der Waals surface area contributed by atoms with Gasteiger partial charge in [0, 0.05) is 75.2 Å². The highest BCUT2D eigenvalue weighted by Crippen LogP contribution is 2.50. The summed E-state index contributed by atoms with van der Waals surface area (Å²) in [5, 5.41) is 14.1. The molecular weight excluding hydrogens is 1040 g/mol. The molecular formula is C45H62Cl2IN7O11S. The molecule has 22 heteroatoms. The van der Waals surface area contributed by atoms with E-state index in [1.54, 1.807) is 39.4 Å². The molecule has 15 atom stereocenters. The van der Waals surface area contributed by atoms with Crippen LogP contribution in [0.2, 0.25) is 10.0 Å². The molecule has 18 nitrogen and oxygen atoms in total. The Morgan fingerprint density at radius 2 is 1.73 bits per heavy atom. The summed E-state index contributed by atoms with van der Waals surface area (Å²) < 4.78 is 38.5. The van der Waals surface area contributed by atoms with Gasteiger partial charge in [-0.1, -0.05) is 44.0 Å². The lowest BCUT2D eigenvalue weighted by molar-refractivity contribution is -0.296. The van der Waals surface area contributed by atoms with Crippen molar-refractivity contribution in [1.29, 1.82) is 0 Å². The molecule has 0 bridgehead atoms. The van der Waals surface area contributed by atoms with Crippen LogP contribution in [-0.2, 0) is 49.3 Å². The highest BCUT2D eigenvalue weighted by molar-refractivity contribution is 14.1. The molecule has 3 fully saturated rings. The van der Waals surface area contributed by atoms with Gasteiger partial charge in [0.15, 0.2) is 21.8 Å². The van der Waals surface area contributed by atoms with Crippen LogP contribution in [0.5, 0.6) is 0 Å². The van der Waals surface area contributed by atoms with Crippen LogP contribution in [0.3, 0.4) is 0 Å². The zero-order valence-electron chi connectivity index (χ0n) is 39.5. The summed E-state index contributed by atoms with van der Waals surface area (Å²) >= 11 is 15.8. The number of ketones is 1. The quantitative estimate of drug-likeness (QED) is 0.113. The molecule has 6 rings (SSSR count). The molecule has 370 valence electrons. The van der Waals surface area contributed by atoms with Gasteiger partial charge in [-0.05, 0) is 70.8 Å². The van der Waals surface area contributed by atoms with Crippen molar-refractivity contribution in [2.75, 3.05) is 45.1 Å². The van der Waals surface area contributed by atoms with Crippen LogP contribution in [0.25, 0.3) is 11.0 Å². The van der Waals surface area contributed by atoms with Crippen molar-refractivity contribution in [3.8, 4) is 0 Å². The van der Waals surface area contributed by atoms with Gasteiger partial charge in [-0.2, -0.15) is 0 Å². The molecule has 6 heterocycles. The molecule has 0 aromatic carbocycles. The maximum Gasteiger partial charge on any atom is 0.320 e. The number of aromatic nitrogens is 4. The maximum atomic E-state index is 14.9. The van der Waals surface area contributed by atoms with Crippen LogP contribution < -0.4 is 11.1 Å². The molecule has 3 saturated heterocycles. The summed E-state index contributed by atoms with van der Waals surface area (Å²) in [7, 11) is 7.01. The van der Waals surface area contributed by atoms with Gasteiger partial charge in [-0.3, -0.25) is 29.1 Å². The first-order chi connectivity index (χ1) is 31.5. The minimum absolute atomic E-state index is 0.102. The number of Topliss-reactive ketones (excluding diaryl/α,β-unsaturated/α-hetero) is 1. The maximum absolute atomic E-state index is 14.9. The Kier molecular flexibility index (Phi) is 17.2. The smallest absolute Gasteiger partial charge is 0.320 e. The summed E-state index contributed by atoms with van der Waals surface area (Å²) in [5.41, 5.74) is 4.51. The number of methoxy groups -OCH3 is 2. The molecule has 4 N–H and O–H groups in total. The van der Waals surface area contributed by atoms with Gasteiger partial charge in [0.25, 0.3) is 5.91 Å². The van der Waals surface area contributed by atoms with E-state index in [0.29, 0.717) is 11.9 Å². The monoisotopic (exact) mass is 1110 g/mol. The molecule has 1 unspecified atom stereocenters. The van der Waals surface area contributed by atoms with E-state index in [9.17, 15) is 24.3 Å². The van der Waals surface area contributed by atoms with Gasteiger partial charge in [-0.15, -0.1) is 11.8 Å². The number of hydrogen-bond acceptors (Lipinski definition) is 17. The highest BCUT2D eigenvalue weighted by Gasteiger charge is 2.61. The van der Waals surface area contributed by atoms with Gasteiger partial charge < -0.3 is 49.1 Å². The van der Waals surface area contributed by atoms with Crippen LogP contribution in [-0.4, -0.2) is 145 Å². The number of nitrogens with zero attached hydrogens (tertiary/aromatic N) is 5. The van der Waals surface area contributed by atoms with Crippen LogP contribution >= 0.6 is 57.6 Å². The van der Waals surface area contributed by atoms with E-state index in [1.807, 2.05) is 62.4 Å². The van der Waals surface area contributed by atoms with E-state index >= 15 is 0 Å². The first kappa shape index (κ1) is 53.4. The number of thioether (sulfide) groups is 1. The van der Waals surface area contributed by atoms with Crippen LogP contribution in [0, 0.1) is 29.6 Å². The Balaban J connectivity index is 1.31. The Morgan fingerprint density at radius 1 is 1.06 bits per heavy atom. The molecule has 3 aliphatic rings. The van der Waals surface area contributed by atoms with E-state index in [0.717, 1.165) is 0 Å². The molecule has 0 radical (unpaired) electrons. The molecule has 3 aromatic heterocycles. The van der Waals surface area contributed by atoms with Crippen LogP contribution in [0.1, 0.15) is 71.7 Å². The van der Waals surface area contributed by atoms with Gasteiger partial charge in [0.05, 0.1) is 75.1 Å². The van der Waals surface area contributed by atoms with Crippen LogP contribution in [0.15, 0.2) is 24.9 Å². The number of esters is 2. The number of alkyl halides is 1. The third-order valence-corrected chi connectivity index (χ3v) is 17.1. The summed E-state index contributed by atoms with van der Waals surface area (Å²) in [6.07, 6.45) is 2.85. The number of rotatable bonds is 11. The number of carbonyl (C=O) groups is 4. The highest BCUT2D eigenvalue weighted by atomic mass is 127. The summed E-state index contributed by atoms with van der Waals surface area (Å²) in [5.74, 6) is -5.72. The number of imidazole rings is 1. The van der Waals surface area contributed by atoms with Crippen molar-refractivity contribution in [1.82, 2.24) is 24.4 Å². The fraction of sp³-hybridized carbons (Fsp3) is 0.667. The number of nitrogen functional groups attached to an aromatic ring is 1. The number of amides is 1. The minimum atomic E-state index is -1.47. The predicted octanol–water partition coefficient (Wildman–Crippen LogP) is 6.05.